The molecule has 1 saturated heterocycles. The molecule has 8 nitrogen and oxygen atoms in total. The lowest BCUT2D eigenvalue weighted by Gasteiger charge is -2.38. The molecule has 0 unspecified atom stereocenters. The zero-order valence-corrected chi connectivity index (χ0v) is 13.1. The van der Waals surface area contributed by atoms with Crippen LogP contribution in [0.5, 0.6) is 0 Å². The normalized spacial score (nSPS) is 17.2. The van der Waals surface area contributed by atoms with E-state index < -0.39 is 12.0 Å². The number of hydrogen-bond acceptors (Lipinski definition) is 7. The highest BCUT2D eigenvalue weighted by atomic mass is 16.5. The van der Waals surface area contributed by atoms with Crippen molar-refractivity contribution in [1.29, 1.82) is 0 Å². The minimum absolute atomic E-state index is 0.561. The fourth-order valence-electron chi connectivity index (χ4n) is 3.01. The van der Waals surface area contributed by atoms with Gasteiger partial charge in [-0.05, 0) is 13.8 Å². The second kappa shape index (κ2) is 6.33. The van der Waals surface area contributed by atoms with Crippen molar-refractivity contribution < 1.29 is 14.4 Å². The van der Waals surface area contributed by atoms with Gasteiger partial charge in [0, 0.05) is 44.1 Å². The minimum atomic E-state index is -0.882. The van der Waals surface area contributed by atoms with E-state index in [9.17, 15) is 9.90 Å². The number of carboxylic acid groups (broad SMARTS) is 1. The number of aliphatic carboxylic acids is 1. The maximum Gasteiger partial charge on any atom is 0.325 e. The zero-order valence-electron chi connectivity index (χ0n) is 13.1. The Morgan fingerprint density at radius 3 is 2.52 bits per heavy atom. The van der Waals surface area contributed by atoms with Crippen molar-refractivity contribution in [2.45, 2.75) is 19.9 Å². The van der Waals surface area contributed by atoms with E-state index >= 15 is 0 Å². The Morgan fingerprint density at radius 2 is 2.00 bits per heavy atom. The first kappa shape index (κ1) is 15.4. The Balaban J connectivity index is 1.76. The summed E-state index contributed by atoms with van der Waals surface area (Å²) in [5.74, 6) is 0.495. The van der Waals surface area contributed by atoms with Gasteiger partial charge in [0.1, 0.15) is 17.6 Å². The van der Waals surface area contributed by atoms with Gasteiger partial charge in [0.25, 0.3) is 0 Å². The summed E-state index contributed by atoms with van der Waals surface area (Å²) in [6.07, 6.45) is 5.02. The molecule has 8 heteroatoms. The van der Waals surface area contributed by atoms with Crippen molar-refractivity contribution in [2.24, 2.45) is 0 Å². The lowest BCUT2D eigenvalue weighted by atomic mass is 10.0. The predicted octanol–water partition coefficient (Wildman–Crippen LogP) is 1.03. The fraction of sp³-hybridized carbons (Fsp3) is 0.467. The first-order valence-electron chi connectivity index (χ1n) is 7.48. The number of nitrogens with zero attached hydrogens (tertiary/aromatic N) is 5. The highest BCUT2D eigenvalue weighted by Crippen LogP contribution is 2.28. The number of anilines is 1. The molecule has 1 aliphatic heterocycles. The van der Waals surface area contributed by atoms with Crippen LogP contribution in [0.2, 0.25) is 0 Å². The highest BCUT2D eigenvalue weighted by molar-refractivity contribution is 5.76. The molecule has 0 radical (unpaired) electrons. The van der Waals surface area contributed by atoms with Gasteiger partial charge >= 0.3 is 5.97 Å². The molecule has 1 atom stereocenters. The quantitative estimate of drug-likeness (QED) is 0.893. The van der Waals surface area contributed by atoms with Gasteiger partial charge in [0.2, 0.25) is 0 Å². The number of carbonyl (C=O) groups is 1. The lowest BCUT2D eigenvalue weighted by Crippen LogP contribution is -2.49. The molecular weight excluding hydrogens is 298 g/mol. The Labute approximate surface area is 133 Å². The third-order valence-corrected chi connectivity index (χ3v) is 4.15. The van der Waals surface area contributed by atoms with Gasteiger partial charge in [0.05, 0.1) is 11.9 Å². The molecule has 0 aromatic carbocycles. The van der Waals surface area contributed by atoms with E-state index in [1.807, 2.05) is 4.90 Å². The van der Waals surface area contributed by atoms with Crippen LogP contribution in [0.15, 0.2) is 23.1 Å². The van der Waals surface area contributed by atoms with Crippen molar-refractivity contribution in [3.8, 4) is 0 Å². The van der Waals surface area contributed by atoms with E-state index in [0.717, 1.165) is 5.82 Å². The van der Waals surface area contributed by atoms with Crippen molar-refractivity contribution in [3.63, 3.8) is 0 Å². The maximum absolute atomic E-state index is 11.8. The van der Waals surface area contributed by atoms with Crippen LogP contribution >= 0.6 is 0 Å². The molecule has 1 fully saturated rings. The summed E-state index contributed by atoms with van der Waals surface area (Å²) in [7, 11) is 0. The molecule has 0 amide bonds. The summed E-state index contributed by atoms with van der Waals surface area (Å²) in [6, 6.07) is -0.731. The second-order valence-corrected chi connectivity index (χ2v) is 5.57. The summed E-state index contributed by atoms with van der Waals surface area (Å²) >= 11 is 0. The Kier molecular flexibility index (Phi) is 4.24. The molecule has 122 valence electrons. The average Bonchev–Trinajstić information content (AvgIpc) is 2.89. The van der Waals surface area contributed by atoms with Crippen LogP contribution in [-0.4, -0.2) is 57.3 Å². The van der Waals surface area contributed by atoms with E-state index in [2.05, 4.69) is 20.0 Å². The summed E-state index contributed by atoms with van der Waals surface area (Å²) in [4.78, 5) is 24.2. The minimum Gasteiger partial charge on any atom is -0.480 e. The Bertz CT molecular complexity index is 660. The van der Waals surface area contributed by atoms with Crippen molar-refractivity contribution >= 4 is 11.8 Å². The lowest BCUT2D eigenvalue weighted by molar-refractivity contribution is -0.143. The maximum atomic E-state index is 11.8. The molecule has 3 rings (SSSR count). The SMILES string of the molecule is Cc1noc(C)c1[C@H](C(=O)O)N1CCN(c2cnccn2)CC1. The van der Waals surface area contributed by atoms with Crippen molar-refractivity contribution in [1.82, 2.24) is 20.0 Å². The first-order chi connectivity index (χ1) is 11.1. The van der Waals surface area contributed by atoms with Gasteiger partial charge in [0.15, 0.2) is 0 Å². The van der Waals surface area contributed by atoms with E-state index in [4.69, 9.17) is 4.52 Å². The van der Waals surface area contributed by atoms with Gasteiger partial charge in [-0.15, -0.1) is 0 Å². The smallest absolute Gasteiger partial charge is 0.325 e. The van der Waals surface area contributed by atoms with E-state index in [1.54, 1.807) is 32.4 Å². The number of piperazine rings is 1. The molecule has 0 aliphatic carbocycles. The zero-order chi connectivity index (χ0) is 16.4. The molecule has 1 aliphatic rings. The van der Waals surface area contributed by atoms with Gasteiger partial charge < -0.3 is 14.5 Å². The van der Waals surface area contributed by atoms with Crippen LogP contribution in [0, 0.1) is 13.8 Å². The molecule has 0 saturated carbocycles. The van der Waals surface area contributed by atoms with Crippen LogP contribution in [-0.2, 0) is 4.79 Å². The van der Waals surface area contributed by atoms with E-state index in [-0.39, 0.29) is 0 Å². The molecule has 2 aromatic rings. The van der Waals surface area contributed by atoms with Crippen LogP contribution in [0.3, 0.4) is 0 Å². The van der Waals surface area contributed by atoms with Crippen molar-refractivity contribution in [3.05, 3.63) is 35.6 Å². The van der Waals surface area contributed by atoms with Gasteiger partial charge in [-0.2, -0.15) is 0 Å². The molecule has 2 aromatic heterocycles. The third kappa shape index (κ3) is 3.02. The summed E-state index contributed by atoms with van der Waals surface area (Å²) < 4.78 is 5.14. The first-order valence-corrected chi connectivity index (χ1v) is 7.48. The van der Waals surface area contributed by atoms with Crippen LogP contribution in [0.25, 0.3) is 0 Å². The molecular formula is C15H19N5O3. The standard InChI is InChI=1S/C15H19N5O3/c1-10-13(11(2)23-18-10)14(15(21)22)20-7-5-19(6-8-20)12-9-16-3-4-17-12/h3-4,9,14H,5-8H2,1-2H3,(H,21,22)/t14-/m1/s1. The summed E-state index contributed by atoms with van der Waals surface area (Å²) in [6.45, 7) is 6.17. The molecule has 1 N–H and O–H groups in total. The van der Waals surface area contributed by atoms with Gasteiger partial charge in [-0.3, -0.25) is 14.7 Å². The molecule has 0 spiro atoms. The van der Waals surface area contributed by atoms with Crippen LogP contribution in [0.1, 0.15) is 23.1 Å². The summed E-state index contributed by atoms with van der Waals surface area (Å²) in [5.41, 5.74) is 1.29. The number of aryl methyl sites for hydroxylation is 2. The number of aromatic nitrogens is 3. The average molecular weight is 317 g/mol. The van der Waals surface area contributed by atoms with E-state index in [0.29, 0.717) is 43.2 Å². The predicted molar refractivity (Wildman–Crippen MR) is 82.2 cm³/mol. The van der Waals surface area contributed by atoms with E-state index in [1.165, 1.54) is 0 Å². The monoisotopic (exact) mass is 317 g/mol. The number of carboxylic acids is 1. The van der Waals surface area contributed by atoms with Crippen molar-refractivity contribution in [2.75, 3.05) is 31.1 Å². The third-order valence-electron chi connectivity index (χ3n) is 4.15. The fourth-order valence-corrected chi connectivity index (χ4v) is 3.01. The van der Waals surface area contributed by atoms with Gasteiger partial charge in [-0.1, -0.05) is 5.16 Å². The second-order valence-electron chi connectivity index (χ2n) is 5.57. The molecule has 23 heavy (non-hydrogen) atoms. The number of rotatable bonds is 4. The van der Waals surface area contributed by atoms with Crippen LogP contribution in [0.4, 0.5) is 5.82 Å². The van der Waals surface area contributed by atoms with Crippen LogP contribution < -0.4 is 4.90 Å². The Hall–Kier alpha value is -2.48. The summed E-state index contributed by atoms with van der Waals surface area (Å²) in [5, 5.41) is 13.6. The number of hydrogen-bond donors (Lipinski definition) is 1. The highest BCUT2D eigenvalue weighted by Gasteiger charge is 2.34. The van der Waals surface area contributed by atoms with Gasteiger partial charge in [-0.25, -0.2) is 4.98 Å². The molecule has 0 bridgehead atoms. The largest absolute Gasteiger partial charge is 0.480 e. The molecule has 3 heterocycles. The Morgan fingerprint density at radius 1 is 1.26 bits per heavy atom. The topological polar surface area (TPSA) is 95.6 Å².